The fraction of sp³-hybridized carbons (Fsp3) is 0.750. The average molecular weight is 258 g/mol. The molecular weight excluding hydrogens is 236 g/mol. The van der Waals surface area contributed by atoms with E-state index in [2.05, 4.69) is 6.58 Å². The van der Waals surface area contributed by atoms with Crippen LogP contribution in [-0.4, -0.2) is 35.2 Å². The van der Waals surface area contributed by atoms with Gasteiger partial charge in [-0.25, -0.2) is 4.79 Å². The topological polar surface area (TPSA) is 44.8 Å². The van der Waals surface area contributed by atoms with Gasteiger partial charge in [0, 0.05) is 12.2 Å². The lowest BCUT2D eigenvalue weighted by molar-refractivity contribution is -0.139. The number of hydrogen-bond donors (Lipinski definition) is 0. The lowest BCUT2D eigenvalue weighted by atomic mass is 10.2. The molecule has 1 atom stereocenters. The first-order valence-electron chi connectivity index (χ1n) is 6.26. The minimum Gasteiger partial charge on any atom is -0.462 e. The predicted molar refractivity (Wildman–Crippen MR) is 68.4 cm³/mol. The van der Waals surface area contributed by atoms with Gasteiger partial charge >= 0.3 is 5.97 Å². The van der Waals surface area contributed by atoms with Crippen LogP contribution >= 0.6 is 0 Å². The van der Waals surface area contributed by atoms with Gasteiger partial charge in [-0.15, -0.1) is 0 Å². The van der Waals surface area contributed by atoms with Gasteiger partial charge in [0.1, 0.15) is 6.29 Å². The van der Waals surface area contributed by atoms with Crippen molar-refractivity contribution in [2.24, 2.45) is 0 Å². The van der Waals surface area contributed by atoms with Crippen LogP contribution in [0.5, 0.6) is 0 Å². The van der Waals surface area contributed by atoms with Crippen molar-refractivity contribution < 1.29 is 18.7 Å². The lowest BCUT2D eigenvalue weighted by Crippen LogP contribution is -2.23. The second kappa shape index (κ2) is 8.44. The average Bonchev–Trinajstić information content (AvgIpc) is 2.34. The largest absolute Gasteiger partial charge is 0.462 e. The van der Waals surface area contributed by atoms with Crippen LogP contribution in [0.4, 0.5) is 0 Å². The van der Waals surface area contributed by atoms with Gasteiger partial charge in [-0.05, 0) is 38.7 Å². The molecule has 0 aromatic heterocycles. The molecule has 5 heteroatoms. The summed E-state index contributed by atoms with van der Waals surface area (Å²) in [4.78, 5) is 11.1. The number of hydrogen-bond acceptors (Lipinski definition) is 4. The molecule has 98 valence electrons. The van der Waals surface area contributed by atoms with Gasteiger partial charge in [0.2, 0.25) is 0 Å². The number of esters is 1. The monoisotopic (exact) mass is 258 g/mol. The zero-order valence-corrected chi connectivity index (χ0v) is 12.0. The van der Waals surface area contributed by atoms with E-state index in [1.54, 1.807) is 6.92 Å². The quantitative estimate of drug-likeness (QED) is 0.301. The summed E-state index contributed by atoms with van der Waals surface area (Å²) in [6, 6.07) is 1.02. The van der Waals surface area contributed by atoms with Gasteiger partial charge in [-0.1, -0.05) is 6.58 Å². The molecule has 1 fully saturated rings. The van der Waals surface area contributed by atoms with E-state index >= 15 is 0 Å². The van der Waals surface area contributed by atoms with Gasteiger partial charge in [0.25, 0.3) is 0 Å². The Labute approximate surface area is 105 Å². The summed E-state index contributed by atoms with van der Waals surface area (Å²) >= 11 is 0. The summed E-state index contributed by atoms with van der Waals surface area (Å²) < 4.78 is 16.2. The van der Waals surface area contributed by atoms with E-state index in [-0.39, 0.29) is 12.3 Å². The number of carbonyl (C=O) groups excluding carboxylic acids is 1. The van der Waals surface area contributed by atoms with E-state index in [0.29, 0.717) is 12.2 Å². The Hall–Kier alpha value is -0.653. The van der Waals surface area contributed by atoms with E-state index in [9.17, 15) is 4.79 Å². The molecule has 1 aliphatic heterocycles. The van der Waals surface area contributed by atoms with Crippen LogP contribution in [0.2, 0.25) is 6.04 Å². The smallest absolute Gasteiger partial charge is 0.333 e. The Balaban J connectivity index is 1.90. The first kappa shape index (κ1) is 14.4. The molecule has 0 saturated carbocycles. The molecule has 0 aliphatic carbocycles. The van der Waals surface area contributed by atoms with Gasteiger partial charge in [-0.2, -0.15) is 0 Å². The molecule has 0 radical (unpaired) electrons. The van der Waals surface area contributed by atoms with Crippen LogP contribution in [0.3, 0.4) is 0 Å². The van der Waals surface area contributed by atoms with Crippen LogP contribution < -0.4 is 0 Å². The lowest BCUT2D eigenvalue weighted by Gasteiger charge is -2.22. The highest BCUT2D eigenvalue weighted by Gasteiger charge is 2.13. The van der Waals surface area contributed by atoms with Crippen LogP contribution in [0, 0.1) is 0 Å². The fourth-order valence-corrected chi connectivity index (χ4v) is 2.65. The number of rotatable bonds is 7. The third kappa shape index (κ3) is 6.60. The van der Waals surface area contributed by atoms with Gasteiger partial charge in [-0.3, -0.25) is 0 Å². The van der Waals surface area contributed by atoms with E-state index in [0.717, 1.165) is 31.9 Å². The zero-order valence-electron chi connectivity index (χ0n) is 10.6. The Morgan fingerprint density at radius 3 is 3.00 bits per heavy atom. The molecule has 0 N–H and O–H groups in total. The third-order valence-electron chi connectivity index (χ3n) is 2.56. The van der Waals surface area contributed by atoms with E-state index in [1.165, 1.54) is 6.42 Å². The predicted octanol–water partition coefficient (Wildman–Crippen LogP) is 1.54. The maximum Gasteiger partial charge on any atom is 0.333 e. The molecule has 0 aromatic rings. The molecule has 17 heavy (non-hydrogen) atoms. The molecule has 0 bridgehead atoms. The van der Waals surface area contributed by atoms with Crippen molar-refractivity contribution in [3.05, 3.63) is 12.2 Å². The summed E-state index contributed by atoms with van der Waals surface area (Å²) in [5.74, 6) is -0.303. The van der Waals surface area contributed by atoms with Crippen molar-refractivity contribution in [3.8, 4) is 0 Å². The van der Waals surface area contributed by atoms with Gasteiger partial charge in [0.15, 0.2) is 9.76 Å². The molecule has 4 nitrogen and oxygen atoms in total. The van der Waals surface area contributed by atoms with Crippen molar-refractivity contribution in [1.29, 1.82) is 0 Å². The molecule has 1 unspecified atom stereocenters. The summed E-state index contributed by atoms with van der Waals surface area (Å²) in [5.41, 5.74) is 0.453. The molecule has 1 aliphatic rings. The first-order chi connectivity index (χ1) is 8.20. The highest BCUT2D eigenvalue weighted by molar-refractivity contribution is 6.27. The van der Waals surface area contributed by atoms with E-state index in [1.807, 2.05) is 0 Å². The summed E-state index contributed by atoms with van der Waals surface area (Å²) in [6.07, 6.45) is 4.29. The van der Waals surface area contributed by atoms with Crippen molar-refractivity contribution in [2.45, 2.75) is 44.9 Å². The minimum absolute atomic E-state index is 0.0355. The summed E-state index contributed by atoms with van der Waals surface area (Å²) in [7, 11) is -0.537. The molecule has 0 amide bonds. The highest BCUT2D eigenvalue weighted by Crippen LogP contribution is 2.13. The summed E-state index contributed by atoms with van der Waals surface area (Å²) in [6.45, 7) is 6.47. The number of carbonyl (C=O) groups is 1. The second-order valence-corrected chi connectivity index (χ2v) is 5.74. The normalized spacial score (nSPS) is 20.6. The van der Waals surface area contributed by atoms with Gasteiger partial charge < -0.3 is 13.9 Å². The highest BCUT2D eigenvalue weighted by atomic mass is 28.2. The number of ether oxygens (including phenoxy) is 2. The zero-order chi connectivity index (χ0) is 12.5. The van der Waals surface area contributed by atoms with Crippen LogP contribution in [0.1, 0.15) is 32.6 Å². The van der Waals surface area contributed by atoms with Gasteiger partial charge in [0.05, 0.1) is 6.61 Å². The Kier molecular flexibility index (Phi) is 7.15. The maximum atomic E-state index is 11.1. The van der Waals surface area contributed by atoms with Crippen molar-refractivity contribution in [2.75, 3.05) is 13.2 Å². The van der Waals surface area contributed by atoms with E-state index in [4.69, 9.17) is 13.9 Å². The van der Waals surface area contributed by atoms with Crippen molar-refractivity contribution >= 4 is 15.7 Å². The molecule has 1 saturated heterocycles. The van der Waals surface area contributed by atoms with Crippen LogP contribution in [0.15, 0.2) is 12.2 Å². The molecule has 0 spiro atoms. The second-order valence-electron chi connectivity index (χ2n) is 4.29. The SMILES string of the molecule is C=C(C)C(=O)OCCC[SiH2]OC1CCCCO1. The molecule has 1 heterocycles. The third-order valence-corrected chi connectivity index (χ3v) is 3.96. The first-order valence-corrected chi connectivity index (χ1v) is 7.83. The maximum absolute atomic E-state index is 11.1. The molecule has 1 rings (SSSR count). The minimum atomic E-state index is -0.537. The Bertz CT molecular complexity index is 249. The Morgan fingerprint density at radius 1 is 1.53 bits per heavy atom. The summed E-state index contributed by atoms with van der Waals surface area (Å²) in [5, 5.41) is 0. The molecule has 0 aromatic carbocycles. The van der Waals surface area contributed by atoms with Crippen LogP contribution in [0.25, 0.3) is 0 Å². The van der Waals surface area contributed by atoms with Crippen LogP contribution in [-0.2, 0) is 18.7 Å². The molecular formula is C12H22O4Si. The standard InChI is InChI=1S/C12H22O4Si/c1-10(2)12(13)15-8-5-9-17-16-11-6-3-4-7-14-11/h11H,1,3-9,17H2,2H3. The fourth-order valence-electron chi connectivity index (χ4n) is 1.55. The Morgan fingerprint density at radius 2 is 2.35 bits per heavy atom. The van der Waals surface area contributed by atoms with Crippen molar-refractivity contribution in [1.82, 2.24) is 0 Å². The van der Waals surface area contributed by atoms with Crippen molar-refractivity contribution in [3.63, 3.8) is 0 Å². The van der Waals surface area contributed by atoms with E-state index < -0.39 is 9.76 Å².